The smallest absolute Gasteiger partial charge is 0.158 e. The highest BCUT2D eigenvalue weighted by molar-refractivity contribution is 5.77. The van der Waals surface area contributed by atoms with Crippen LogP contribution in [0.25, 0.3) is 0 Å². The van der Waals surface area contributed by atoms with Crippen LogP contribution in [0.2, 0.25) is 0 Å². The highest BCUT2D eigenvalue weighted by Crippen LogP contribution is 2.33. The molecule has 0 saturated carbocycles. The summed E-state index contributed by atoms with van der Waals surface area (Å²) < 4.78 is 10.0. The summed E-state index contributed by atoms with van der Waals surface area (Å²) >= 11 is 0. The number of hydrogen-bond donors (Lipinski definition) is 2. The summed E-state index contributed by atoms with van der Waals surface area (Å²) in [6.45, 7) is 1.37. The Kier molecular flexibility index (Phi) is 3.72. The average molecular weight is 228 g/mol. The van der Waals surface area contributed by atoms with Gasteiger partial charge in [-0.15, -0.1) is 0 Å². The lowest BCUT2D eigenvalue weighted by Gasteiger charge is -2.36. The van der Waals surface area contributed by atoms with Crippen LogP contribution >= 0.6 is 0 Å². The van der Waals surface area contributed by atoms with Gasteiger partial charge in [0.15, 0.2) is 5.60 Å². The number of ketones is 1. The van der Waals surface area contributed by atoms with Crippen molar-refractivity contribution in [1.82, 2.24) is 0 Å². The summed E-state index contributed by atoms with van der Waals surface area (Å²) in [6, 6.07) is 0. The number of allylic oxidation sites excluding steroid dienone is 1. The maximum absolute atomic E-state index is 11.1. The van der Waals surface area contributed by atoms with Crippen molar-refractivity contribution in [3.63, 3.8) is 0 Å². The molecule has 0 heterocycles. The predicted molar refractivity (Wildman–Crippen MR) is 56.8 cm³/mol. The number of ether oxygens (including phenoxy) is 2. The molecule has 0 fully saturated rings. The number of hydrogen-bond acceptors (Lipinski definition) is 5. The summed E-state index contributed by atoms with van der Waals surface area (Å²) in [5, 5.41) is 19.8. The van der Waals surface area contributed by atoms with Gasteiger partial charge in [-0.2, -0.15) is 0 Å². The van der Waals surface area contributed by atoms with E-state index in [0.717, 1.165) is 0 Å². The van der Waals surface area contributed by atoms with E-state index in [0.29, 0.717) is 0 Å². The van der Waals surface area contributed by atoms with Gasteiger partial charge in [0.1, 0.15) is 23.4 Å². The van der Waals surface area contributed by atoms with E-state index >= 15 is 0 Å². The van der Waals surface area contributed by atoms with Crippen LogP contribution in [0.4, 0.5) is 0 Å². The zero-order chi connectivity index (χ0) is 12.3. The van der Waals surface area contributed by atoms with Crippen LogP contribution in [-0.2, 0) is 14.3 Å². The number of aliphatic hydroxyl groups excluding tert-OH is 1. The van der Waals surface area contributed by atoms with Gasteiger partial charge in [0.05, 0.1) is 7.11 Å². The molecule has 90 valence electrons. The Morgan fingerprint density at radius 3 is 2.62 bits per heavy atom. The first kappa shape index (κ1) is 12.7. The molecule has 0 bridgehead atoms. The topological polar surface area (TPSA) is 76.0 Å². The second-order valence-corrected chi connectivity index (χ2v) is 3.76. The molecule has 5 heteroatoms. The molecule has 0 aromatic rings. The van der Waals surface area contributed by atoms with Gasteiger partial charge in [-0.3, -0.25) is 4.79 Å². The molecule has 0 saturated heterocycles. The lowest BCUT2D eigenvalue weighted by Crippen LogP contribution is -2.48. The summed E-state index contributed by atoms with van der Waals surface area (Å²) in [5.41, 5.74) is -1.55. The Balaban J connectivity index is 3.11. The zero-order valence-electron chi connectivity index (χ0n) is 9.56. The van der Waals surface area contributed by atoms with E-state index in [1.165, 1.54) is 33.3 Å². The van der Waals surface area contributed by atoms with Crippen molar-refractivity contribution in [2.75, 3.05) is 14.2 Å². The van der Waals surface area contributed by atoms with E-state index in [1.54, 1.807) is 0 Å². The van der Waals surface area contributed by atoms with Crippen molar-refractivity contribution >= 4 is 5.78 Å². The third kappa shape index (κ3) is 2.25. The molecule has 16 heavy (non-hydrogen) atoms. The monoisotopic (exact) mass is 228 g/mol. The predicted octanol–water partition coefficient (Wildman–Crippen LogP) is 0.697. The minimum absolute atomic E-state index is 0.0584. The quantitative estimate of drug-likeness (QED) is 0.740. The lowest BCUT2D eigenvalue weighted by molar-refractivity contribution is -0.129. The molecule has 5 nitrogen and oxygen atoms in total. The molecule has 0 aromatic heterocycles. The fourth-order valence-corrected chi connectivity index (χ4v) is 1.81. The maximum Gasteiger partial charge on any atom is 0.158 e. The highest BCUT2D eigenvalue weighted by Gasteiger charge is 2.44. The SMILES string of the molecule is COC1=CC(O)=CC(OC)C1(O)CC(C)=O. The molecule has 0 aliphatic heterocycles. The van der Waals surface area contributed by atoms with Crippen LogP contribution < -0.4 is 0 Å². The Morgan fingerprint density at radius 1 is 1.56 bits per heavy atom. The van der Waals surface area contributed by atoms with Crippen LogP contribution in [0.15, 0.2) is 23.7 Å². The molecule has 2 N–H and O–H groups in total. The molecule has 2 atom stereocenters. The number of Topliss-reactive ketones (excluding diaryl/α,β-unsaturated/α-hetero) is 1. The van der Waals surface area contributed by atoms with Crippen molar-refractivity contribution in [2.45, 2.75) is 25.0 Å². The number of carbonyl (C=O) groups is 1. The Labute approximate surface area is 94.0 Å². The number of methoxy groups -OCH3 is 2. The Bertz CT molecular complexity index is 344. The summed E-state index contributed by atoms with van der Waals surface area (Å²) in [5.74, 6) is -0.131. The normalized spacial score (nSPS) is 29.4. The van der Waals surface area contributed by atoms with Crippen molar-refractivity contribution in [3.8, 4) is 0 Å². The molecule has 2 unspecified atom stereocenters. The van der Waals surface area contributed by atoms with Gasteiger partial charge in [0.25, 0.3) is 0 Å². The van der Waals surface area contributed by atoms with Crippen LogP contribution in [0, 0.1) is 0 Å². The van der Waals surface area contributed by atoms with E-state index in [4.69, 9.17) is 9.47 Å². The van der Waals surface area contributed by atoms with Gasteiger partial charge in [0.2, 0.25) is 0 Å². The van der Waals surface area contributed by atoms with E-state index in [-0.39, 0.29) is 23.7 Å². The third-order valence-corrected chi connectivity index (χ3v) is 2.49. The standard InChI is InChI=1S/C11H16O5/c1-7(12)6-11(14)9(15-2)4-8(13)5-10(11)16-3/h4-5,9,13-14H,6H2,1-3H3. The summed E-state index contributed by atoms with van der Waals surface area (Å²) in [4.78, 5) is 11.1. The average Bonchev–Trinajstić information content (AvgIpc) is 2.19. The highest BCUT2D eigenvalue weighted by atomic mass is 16.5. The first-order chi connectivity index (χ1) is 7.43. The molecule has 1 rings (SSSR count). The largest absolute Gasteiger partial charge is 0.508 e. The first-order valence-corrected chi connectivity index (χ1v) is 4.85. The molecule has 0 aromatic carbocycles. The molecule has 1 aliphatic rings. The fourth-order valence-electron chi connectivity index (χ4n) is 1.81. The molecule has 0 spiro atoms. The van der Waals surface area contributed by atoms with Gasteiger partial charge >= 0.3 is 0 Å². The van der Waals surface area contributed by atoms with Crippen LogP contribution in [0.3, 0.4) is 0 Å². The third-order valence-electron chi connectivity index (χ3n) is 2.49. The van der Waals surface area contributed by atoms with Crippen molar-refractivity contribution in [1.29, 1.82) is 0 Å². The lowest BCUT2D eigenvalue weighted by atomic mass is 9.85. The summed E-state index contributed by atoms with van der Waals surface area (Å²) in [6.07, 6.45) is 1.68. The van der Waals surface area contributed by atoms with Gasteiger partial charge in [-0.05, 0) is 13.0 Å². The minimum atomic E-state index is -1.55. The summed E-state index contributed by atoms with van der Waals surface area (Å²) in [7, 11) is 2.75. The van der Waals surface area contributed by atoms with Crippen molar-refractivity contribution in [3.05, 3.63) is 23.7 Å². The van der Waals surface area contributed by atoms with Gasteiger partial charge in [-0.25, -0.2) is 0 Å². The minimum Gasteiger partial charge on any atom is -0.508 e. The van der Waals surface area contributed by atoms with Crippen molar-refractivity contribution in [2.24, 2.45) is 0 Å². The number of carbonyl (C=O) groups excluding carboxylic acids is 1. The second-order valence-electron chi connectivity index (χ2n) is 3.76. The zero-order valence-corrected chi connectivity index (χ0v) is 9.56. The van der Waals surface area contributed by atoms with E-state index < -0.39 is 11.7 Å². The van der Waals surface area contributed by atoms with Gasteiger partial charge < -0.3 is 19.7 Å². The first-order valence-electron chi connectivity index (χ1n) is 4.85. The molecular weight excluding hydrogens is 212 g/mol. The molecule has 0 radical (unpaired) electrons. The molecule has 1 aliphatic carbocycles. The van der Waals surface area contributed by atoms with E-state index in [1.807, 2.05) is 0 Å². The number of rotatable bonds is 4. The van der Waals surface area contributed by atoms with Crippen molar-refractivity contribution < 1.29 is 24.5 Å². The molecular formula is C11H16O5. The van der Waals surface area contributed by atoms with Gasteiger partial charge in [-0.1, -0.05) is 0 Å². The van der Waals surface area contributed by atoms with Crippen LogP contribution in [0.1, 0.15) is 13.3 Å². The van der Waals surface area contributed by atoms with Crippen LogP contribution in [-0.4, -0.2) is 41.9 Å². The maximum atomic E-state index is 11.1. The fraction of sp³-hybridized carbons (Fsp3) is 0.545. The second kappa shape index (κ2) is 4.67. The van der Waals surface area contributed by atoms with E-state index in [2.05, 4.69) is 0 Å². The number of aliphatic hydroxyl groups is 2. The van der Waals surface area contributed by atoms with E-state index in [9.17, 15) is 15.0 Å². The van der Waals surface area contributed by atoms with Gasteiger partial charge in [0, 0.05) is 19.6 Å². The Morgan fingerprint density at radius 2 is 2.19 bits per heavy atom. The Hall–Kier alpha value is -1.33. The molecule has 0 amide bonds. The van der Waals surface area contributed by atoms with Crippen LogP contribution in [0.5, 0.6) is 0 Å².